The van der Waals surface area contributed by atoms with Gasteiger partial charge in [0.1, 0.15) is 6.10 Å². The fraction of sp³-hybridized carbons (Fsp3) is 0.654. The number of nitrogens with zero attached hydrogens (tertiary/aromatic N) is 4. The summed E-state index contributed by atoms with van der Waals surface area (Å²) in [6.07, 6.45) is 11.6. The first-order valence-electron chi connectivity index (χ1n) is 12.9. The number of esters is 1. The largest absolute Gasteiger partial charge is 0.459 e. The highest BCUT2D eigenvalue weighted by atomic mass is 19.1. The Morgan fingerprint density at radius 1 is 1.38 bits per heavy atom. The van der Waals surface area contributed by atoms with E-state index in [4.69, 9.17) is 15.9 Å². The summed E-state index contributed by atoms with van der Waals surface area (Å²) < 4.78 is 26.8. The number of aliphatic hydroxyl groups is 1. The van der Waals surface area contributed by atoms with Crippen LogP contribution in [0.2, 0.25) is 0 Å². The molecule has 10 nitrogen and oxygen atoms in total. The molecular weight excluding hydrogens is 481 g/mol. The predicted octanol–water partition coefficient (Wildman–Crippen LogP) is 3.55. The van der Waals surface area contributed by atoms with E-state index in [-0.39, 0.29) is 41.5 Å². The van der Waals surface area contributed by atoms with Crippen molar-refractivity contribution in [3.05, 3.63) is 12.4 Å². The summed E-state index contributed by atoms with van der Waals surface area (Å²) in [5.41, 5.74) is -1.02. The Morgan fingerprint density at radius 3 is 2.84 bits per heavy atom. The quantitative estimate of drug-likeness (QED) is 0.169. The van der Waals surface area contributed by atoms with E-state index in [2.05, 4.69) is 33.1 Å². The van der Waals surface area contributed by atoms with Crippen LogP contribution >= 0.6 is 0 Å². The van der Waals surface area contributed by atoms with Gasteiger partial charge in [0.2, 0.25) is 5.91 Å². The van der Waals surface area contributed by atoms with Crippen LogP contribution in [0.5, 0.6) is 0 Å². The zero-order valence-electron chi connectivity index (χ0n) is 21.5. The summed E-state index contributed by atoms with van der Waals surface area (Å²) in [7, 11) is 0. The zero-order valence-corrected chi connectivity index (χ0v) is 21.5. The van der Waals surface area contributed by atoms with Gasteiger partial charge >= 0.3 is 12.0 Å². The third-order valence-electron chi connectivity index (χ3n) is 6.78. The Balaban J connectivity index is 1.75. The predicted molar refractivity (Wildman–Crippen MR) is 135 cm³/mol. The number of rotatable bonds is 14. The number of fused-ring (bicyclic) bond motifs is 1. The molecule has 2 N–H and O–H groups in total. The maximum atomic E-state index is 14.4. The molecule has 0 spiro atoms. The molecule has 11 heteroatoms. The van der Waals surface area contributed by atoms with Gasteiger partial charge in [0.25, 0.3) is 0 Å². The first kappa shape index (κ1) is 28.5. The highest BCUT2D eigenvalue weighted by Gasteiger charge is 2.40. The van der Waals surface area contributed by atoms with Gasteiger partial charge in [-0.3, -0.25) is 9.59 Å². The molecular formula is C26H36FN5O5. The number of aliphatic hydroxyl groups excluding tert-OH is 1. The smallest absolute Gasteiger partial charge is 0.327 e. The molecule has 1 amide bonds. The van der Waals surface area contributed by atoms with E-state index in [1.165, 1.54) is 6.33 Å². The lowest BCUT2D eigenvalue weighted by Crippen LogP contribution is -2.38. The van der Waals surface area contributed by atoms with Crippen LogP contribution in [0, 0.1) is 23.8 Å². The summed E-state index contributed by atoms with van der Waals surface area (Å²) in [6.45, 7) is 4.26. The molecule has 0 aliphatic carbocycles. The second kappa shape index (κ2) is 13.4. The number of unbranched alkanes of at least 4 members (excludes halogenated alkanes) is 3. The van der Waals surface area contributed by atoms with Gasteiger partial charge in [0, 0.05) is 18.9 Å². The maximum Gasteiger partial charge on any atom is 0.327 e. The number of terminal acetylenes is 1. The van der Waals surface area contributed by atoms with E-state index in [0.717, 1.165) is 25.7 Å². The number of halogens is 1. The van der Waals surface area contributed by atoms with Gasteiger partial charge in [0.15, 0.2) is 22.4 Å². The van der Waals surface area contributed by atoms with Crippen molar-refractivity contribution >= 4 is 28.9 Å². The molecule has 1 unspecified atom stereocenters. The molecule has 3 rings (SSSR count). The molecule has 202 valence electrons. The van der Waals surface area contributed by atoms with Crippen molar-refractivity contribution in [1.29, 1.82) is 0 Å². The summed E-state index contributed by atoms with van der Waals surface area (Å²) in [5.74, 6) is 1.55. The van der Waals surface area contributed by atoms with Crippen LogP contribution in [-0.4, -0.2) is 62.4 Å². The van der Waals surface area contributed by atoms with E-state index in [9.17, 15) is 19.1 Å². The molecule has 2 aromatic heterocycles. The van der Waals surface area contributed by atoms with E-state index in [1.807, 2.05) is 6.92 Å². The number of carbonyl (C=O) groups excluding carboxylic acids is 2. The first-order valence-corrected chi connectivity index (χ1v) is 12.9. The van der Waals surface area contributed by atoms with Gasteiger partial charge in [-0.15, -0.1) is 6.42 Å². The summed E-state index contributed by atoms with van der Waals surface area (Å²) in [5, 5.41) is 12.7. The molecule has 1 saturated heterocycles. The van der Waals surface area contributed by atoms with Crippen molar-refractivity contribution < 1.29 is 28.6 Å². The molecule has 1 aliphatic rings. The second-order valence-corrected chi connectivity index (χ2v) is 9.40. The van der Waals surface area contributed by atoms with Crippen LogP contribution in [0.25, 0.3) is 11.2 Å². The fourth-order valence-electron chi connectivity index (χ4n) is 4.40. The number of carbonyl (C=O) groups is 2. The van der Waals surface area contributed by atoms with Crippen LogP contribution in [-0.2, 0) is 19.1 Å². The molecule has 2 aromatic rings. The van der Waals surface area contributed by atoms with E-state index >= 15 is 0 Å². The molecule has 1 fully saturated rings. The van der Waals surface area contributed by atoms with Gasteiger partial charge in [-0.1, -0.05) is 39.0 Å². The number of hydrogen-bond acceptors (Lipinski definition) is 8. The van der Waals surface area contributed by atoms with E-state index < -0.39 is 24.1 Å². The Kier molecular flexibility index (Phi) is 10.3. The van der Waals surface area contributed by atoms with Gasteiger partial charge in [0.05, 0.1) is 26.1 Å². The second-order valence-electron chi connectivity index (χ2n) is 9.40. The number of imidazole rings is 1. The summed E-state index contributed by atoms with van der Waals surface area (Å²) >= 11 is 0. The molecule has 0 aromatic carbocycles. The highest BCUT2D eigenvalue weighted by Crippen LogP contribution is 2.32. The lowest BCUT2D eigenvalue weighted by Gasteiger charge is -2.28. The van der Waals surface area contributed by atoms with Crippen LogP contribution in [0.1, 0.15) is 77.7 Å². The minimum Gasteiger partial charge on any atom is -0.459 e. The van der Waals surface area contributed by atoms with E-state index in [0.29, 0.717) is 38.9 Å². The molecule has 3 atom stereocenters. The average Bonchev–Trinajstić information content (AvgIpc) is 3.55. The van der Waals surface area contributed by atoms with Crippen LogP contribution in [0.4, 0.5) is 10.2 Å². The zero-order chi connectivity index (χ0) is 26.8. The van der Waals surface area contributed by atoms with Crippen molar-refractivity contribution in [2.75, 3.05) is 25.1 Å². The van der Waals surface area contributed by atoms with Crippen molar-refractivity contribution in [2.45, 2.75) is 83.8 Å². The number of aromatic nitrogens is 4. The minimum atomic E-state index is -1.51. The lowest BCUT2D eigenvalue weighted by atomic mass is 9.83. The Bertz CT molecular complexity index is 1110. The first-order chi connectivity index (χ1) is 17.9. The van der Waals surface area contributed by atoms with Crippen molar-refractivity contribution in [2.24, 2.45) is 5.41 Å². The van der Waals surface area contributed by atoms with Gasteiger partial charge in [-0.25, -0.2) is 4.98 Å². The maximum absolute atomic E-state index is 14.4. The van der Waals surface area contributed by atoms with Gasteiger partial charge < -0.3 is 24.5 Å². The summed E-state index contributed by atoms with van der Waals surface area (Å²) in [4.78, 5) is 37.3. The monoisotopic (exact) mass is 517 g/mol. The average molecular weight is 518 g/mol. The fourth-order valence-corrected chi connectivity index (χ4v) is 4.40. The van der Waals surface area contributed by atoms with Crippen molar-refractivity contribution in [3.8, 4) is 12.3 Å². The molecule has 37 heavy (non-hydrogen) atoms. The van der Waals surface area contributed by atoms with E-state index in [1.54, 1.807) is 4.57 Å². The standard InChI is InChI=1S/C26H36FN5O5/c1-4-7-8-9-10-20(34)29-22-21-23(31-25(27)30-22)32(17-28-21)18(5-2)11-13-26(6-3,16-33)24(35)37-19-12-14-36-15-19/h3,17-19,33H,4-5,7-16H2,1-2H3,(H,29,30,31,34)/t18-,19?,26+/m1/s1. The number of amides is 1. The van der Waals surface area contributed by atoms with Crippen LogP contribution in [0.3, 0.4) is 0 Å². The Hall–Kier alpha value is -3.10. The summed E-state index contributed by atoms with van der Waals surface area (Å²) in [6, 6.07) is -0.265. The lowest BCUT2D eigenvalue weighted by molar-refractivity contribution is -0.160. The topological polar surface area (TPSA) is 128 Å². The number of ether oxygens (including phenoxy) is 2. The van der Waals surface area contributed by atoms with Crippen molar-refractivity contribution in [3.63, 3.8) is 0 Å². The normalized spacial score (nSPS) is 17.8. The highest BCUT2D eigenvalue weighted by molar-refractivity contribution is 5.96. The molecule has 0 bridgehead atoms. The molecule has 0 saturated carbocycles. The van der Waals surface area contributed by atoms with Gasteiger partial charge in [-0.05, 0) is 25.7 Å². The van der Waals surface area contributed by atoms with Crippen LogP contribution in [0.15, 0.2) is 6.33 Å². The van der Waals surface area contributed by atoms with Gasteiger partial charge in [-0.2, -0.15) is 14.4 Å². The number of nitrogens with one attached hydrogen (secondary N) is 1. The Labute approximate surface area is 216 Å². The Morgan fingerprint density at radius 2 is 2.19 bits per heavy atom. The van der Waals surface area contributed by atoms with Crippen molar-refractivity contribution in [1.82, 2.24) is 19.5 Å². The molecule has 1 aliphatic heterocycles. The third-order valence-corrected chi connectivity index (χ3v) is 6.78. The van der Waals surface area contributed by atoms with Crippen LogP contribution < -0.4 is 5.32 Å². The SMILES string of the molecule is C#C[C@@](CO)(CC[C@@H](CC)n1cnc2c(NC(=O)CCCCCC)nc(F)nc21)C(=O)OC1CCOC1. The number of anilines is 1. The molecule has 3 heterocycles. The molecule has 0 radical (unpaired) electrons. The minimum absolute atomic E-state index is 0.0206. The number of hydrogen-bond donors (Lipinski definition) is 2. The third kappa shape index (κ3) is 7.02.